The molecular weight excluding hydrogens is 372 g/mol. The number of nitrogens with one attached hydrogen (secondary N) is 2. The Balaban J connectivity index is 1.36. The van der Waals surface area contributed by atoms with E-state index in [1.54, 1.807) is 16.0 Å². The van der Waals surface area contributed by atoms with Gasteiger partial charge in [-0.3, -0.25) is 19.4 Å². The number of imidazole rings is 1. The number of hydrogen-bond acceptors (Lipinski definition) is 5. The van der Waals surface area contributed by atoms with Gasteiger partial charge in [-0.25, -0.2) is 4.98 Å². The Labute approximate surface area is 168 Å². The average Bonchev–Trinajstić information content (AvgIpc) is 3.28. The predicted octanol–water partition coefficient (Wildman–Crippen LogP) is 0.632. The maximum atomic E-state index is 12.7. The Morgan fingerprint density at radius 2 is 2.07 bits per heavy atom. The van der Waals surface area contributed by atoms with Gasteiger partial charge in [-0.15, -0.1) is 0 Å². The van der Waals surface area contributed by atoms with Crippen molar-refractivity contribution in [2.45, 2.75) is 38.8 Å². The third-order valence-corrected chi connectivity index (χ3v) is 5.39. The second-order valence-electron chi connectivity index (χ2n) is 7.44. The lowest BCUT2D eigenvalue weighted by molar-refractivity contribution is -0.142. The van der Waals surface area contributed by atoms with Gasteiger partial charge in [0.1, 0.15) is 5.69 Å². The molecule has 1 fully saturated rings. The minimum absolute atomic E-state index is 0.0242. The number of H-pyrrole nitrogens is 1. The van der Waals surface area contributed by atoms with Gasteiger partial charge in [-0.2, -0.15) is 0 Å². The van der Waals surface area contributed by atoms with Gasteiger partial charge in [-0.05, 0) is 30.0 Å². The number of aromatic amines is 1. The van der Waals surface area contributed by atoms with Crippen molar-refractivity contribution in [1.82, 2.24) is 30.1 Å². The molecule has 2 aromatic rings. The SMILES string of the molecule is O=C(NCc1cnc2c(c1)CN(C(=O)CN1CCCCC1=O)CC2)c1cnc[nH]1. The third kappa shape index (κ3) is 4.44. The molecule has 2 aliphatic heterocycles. The van der Waals surface area contributed by atoms with E-state index in [-0.39, 0.29) is 24.3 Å². The van der Waals surface area contributed by atoms with Crippen LogP contribution in [0.5, 0.6) is 0 Å². The summed E-state index contributed by atoms with van der Waals surface area (Å²) in [7, 11) is 0. The normalized spacial score (nSPS) is 16.5. The molecular formula is C20H24N6O3. The molecule has 0 atom stereocenters. The highest BCUT2D eigenvalue weighted by Crippen LogP contribution is 2.19. The van der Waals surface area contributed by atoms with E-state index in [1.807, 2.05) is 6.07 Å². The Kier molecular flexibility index (Phi) is 5.55. The van der Waals surface area contributed by atoms with Gasteiger partial charge in [0.05, 0.1) is 19.1 Å². The molecule has 0 bridgehead atoms. The monoisotopic (exact) mass is 396 g/mol. The van der Waals surface area contributed by atoms with Crippen molar-refractivity contribution in [2.75, 3.05) is 19.6 Å². The summed E-state index contributed by atoms with van der Waals surface area (Å²) in [6.07, 6.45) is 7.78. The number of carbonyl (C=O) groups is 3. The lowest BCUT2D eigenvalue weighted by Gasteiger charge is -2.32. The van der Waals surface area contributed by atoms with E-state index in [1.165, 1.54) is 12.5 Å². The Bertz CT molecular complexity index is 911. The van der Waals surface area contributed by atoms with E-state index in [0.29, 0.717) is 44.7 Å². The molecule has 9 heteroatoms. The first kappa shape index (κ1) is 19.1. The lowest BCUT2D eigenvalue weighted by atomic mass is 10.0. The van der Waals surface area contributed by atoms with E-state index in [2.05, 4.69) is 20.3 Å². The van der Waals surface area contributed by atoms with E-state index in [0.717, 1.165) is 29.7 Å². The Morgan fingerprint density at radius 1 is 1.17 bits per heavy atom. The van der Waals surface area contributed by atoms with Crippen LogP contribution < -0.4 is 5.32 Å². The molecule has 2 aliphatic rings. The largest absolute Gasteiger partial charge is 0.347 e. The van der Waals surface area contributed by atoms with Gasteiger partial charge in [0.15, 0.2) is 0 Å². The molecule has 2 aromatic heterocycles. The van der Waals surface area contributed by atoms with Crippen LogP contribution in [0, 0.1) is 0 Å². The highest BCUT2D eigenvalue weighted by Gasteiger charge is 2.26. The summed E-state index contributed by atoms with van der Waals surface area (Å²) >= 11 is 0. The summed E-state index contributed by atoms with van der Waals surface area (Å²) < 4.78 is 0. The van der Waals surface area contributed by atoms with Crippen LogP contribution in [-0.2, 0) is 29.1 Å². The van der Waals surface area contributed by atoms with Crippen molar-refractivity contribution < 1.29 is 14.4 Å². The zero-order valence-electron chi connectivity index (χ0n) is 16.2. The van der Waals surface area contributed by atoms with Crippen molar-refractivity contribution in [2.24, 2.45) is 0 Å². The first-order chi connectivity index (χ1) is 14.1. The standard InChI is InChI=1S/C20H24N6O3/c27-18-3-1-2-5-25(18)12-19(28)26-6-4-16-15(11-26)7-14(8-22-16)9-23-20(29)17-10-21-13-24-17/h7-8,10,13H,1-6,9,11-12H2,(H,21,24)(H,23,29). The minimum Gasteiger partial charge on any atom is -0.347 e. The van der Waals surface area contributed by atoms with Crippen molar-refractivity contribution >= 4 is 17.7 Å². The van der Waals surface area contributed by atoms with Crippen molar-refractivity contribution in [1.29, 1.82) is 0 Å². The van der Waals surface area contributed by atoms with E-state index < -0.39 is 0 Å². The van der Waals surface area contributed by atoms with Gasteiger partial charge in [-0.1, -0.05) is 0 Å². The van der Waals surface area contributed by atoms with Gasteiger partial charge < -0.3 is 20.1 Å². The first-order valence-corrected chi connectivity index (χ1v) is 9.89. The van der Waals surface area contributed by atoms with E-state index >= 15 is 0 Å². The number of aromatic nitrogens is 3. The molecule has 4 rings (SSSR count). The number of carbonyl (C=O) groups excluding carboxylic acids is 3. The fraction of sp³-hybridized carbons (Fsp3) is 0.450. The minimum atomic E-state index is -0.233. The molecule has 0 spiro atoms. The predicted molar refractivity (Wildman–Crippen MR) is 104 cm³/mol. The van der Waals surface area contributed by atoms with Crippen LogP contribution in [0.25, 0.3) is 0 Å². The average molecular weight is 396 g/mol. The zero-order valence-corrected chi connectivity index (χ0v) is 16.2. The molecule has 2 N–H and O–H groups in total. The molecule has 9 nitrogen and oxygen atoms in total. The summed E-state index contributed by atoms with van der Waals surface area (Å²) in [4.78, 5) is 51.3. The molecule has 3 amide bonds. The van der Waals surface area contributed by atoms with Crippen LogP contribution in [0.4, 0.5) is 0 Å². The van der Waals surface area contributed by atoms with Gasteiger partial charge in [0, 0.05) is 50.9 Å². The van der Waals surface area contributed by atoms with Crippen molar-refractivity contribution in [3.8, 4) is 0 Å². The van der Waals surface area contributed by atoms with Crippen LogP contribution >= 0.6 is 0 Å². The highest BCUT2D eigenvalue weighted by atomic mass is 16.2. The summed E-state index contributed by atoms with van der Waals surface area (Å²) in [5.74, 6) is -0.189. The summed E-state index contributed by atoms with van der Waals surface area (Å²) in [6.45, 7) is 2.24. The maximum Gasteiger partial charge on any atom is 0.269 e. The van der Waals surface area contributed by atoms with Crippen LogP contribution in [0.2, 0.25) is 0 Å². The number of rotatable bonds is 5. The van der Waals surface area contributed by atoms with Crippen LogP contribution in [0.15, 0.2) is 24.8 Å². The molecule has 152 valence electrons. The second-order valence-corrected chi connectivity index (χ2v) is 7.44. The van der Waals surface area contributed by atoms with Gasteiger partial charge in [0.2, 0.25) is 11.8 Å². The lowest BCUT2D eigenvalue weighted by Crippen LogP contribution is -2.46. The van der Waals surface area contributed by atoms with Crippen molar-refractivity contribution in [3.05, 3.63) is 47.3 Å². The fourth-order valence-electron chi connectivity index (χ4n) is 3.74. The number of fused-ring (bicyclic) bond motifs is 1. The first-order valence-electron chi connectivity index (χ1n) is 9.89. The van der Waals surface area contributed by atoms with Crippen LogP contribution in [-0.4, -0.2) is 62.1 Å². The quantitative estimate of drug-likeness (QED) is 0.770. The molecule has 4 heterocycles. The number of piperidine rings is 1. The number of pyridine rings is 1. The third-order valence-electron chi connectivity index (χ3n) is 5.39. The molecule has 0 aromatic carbocycles. The van der Waals surface area contributed by atoms with Crippen molar-refractivity contribution in [3.63, 3.8) is 0 Å². The van der Waals surface area contributed by atoms with Crippen LogP contribution in [0.1, 0.15) is 46.6 Å². The van der Waals surface area contributed by atoms with Gasteiger partial charge >= 0.3 is 0 Å². The molecule has 0 unspecified atom stereocenters. The topological polar surface area (TPSA) is 111 Å². The van der Waals surface area contributed by atoms with E-state index in [4.69, 9.17) is 0 Å². The zero-order chi connectivity index (χ0) is 20.2. The van der Waals surface area contributed by atoms with E-state index in [9.17, 15) is 14.4 Å². The van der Waals surface area contributed by atoms with Gasteiger partial charge in [0.25, 0.3) is 5.91 Å². The second kappa shape index (κ2) is 8.42. The number of amides is 3. The summed E-state index contributed by atoms with van der Waals surface area (Å²) in [6, 6.07) is 1.99. The number of hydrogen-bond donors (Lipinski definition) is 2. The summed E-state index contributed by atoms with van der Waals surface area (Å²) in [5.41, 5.74) is 3.24. The highest BCUT2D eigenvalue weighted by molar-refractivity contribution is 5.91. The smallest absolute Gasteiger partial charge is 0.269 e. The molecule has 29 heavy (non-hydrogen) atoms. The maximum absolute atomic E-state index is 12.7. The Morgan fingerprint density at radius 3 is 2.86 bits per heavy atom. The summed E-state index contributed by atoms with van der Waals surface area (Å²) in [5, 5.41) is 2.83. The Hall–Kier alpha value is -3.23. The molecule has 0 aliphatic carbocycles. The number of nitrogens with zero attached hydrogens (tertiary/aromatic N) is 4. The molecule has 1 saturated heterocycles. The molecule has 0 saturated carbocycles. The number of likely N-dealkylation sites (tertiary alicyclic amines) is 1. The molecule has 0 radical (unpaired) electrons. The van der Waals surface area contributed by atoms with Crippen LogP contribution in [0.3, 0.4) is 0 Å². The fourth-order valence-corrected chi connectivity index (χ4v) is 3.74.